The summed E-state index contributed by atoms with van der Waals surface area (Å²) in [6.07, 6.45) is 0. The summed E-state index contributed by atoms with van der Waals surface area (Å²) >= 11 is 0. The monoisotopic (exact) mass is 233 g/mol. The summed E-state index contributed by atoms with van der Waals surface area (Å²) in [5.74, 6) is 1.03. The van der Waals surface area contributed by atoms with Gasteiger partial charge >= 0.3 is 0 Å². The Morgan fingerprint density at radius 1 is 1.06 bits per heavy atom. The fourth-order valence-electron chi connectivity index (χ4n) is 1.34. The van der Waals surface area contributed by atoms with E-state index in [1.807, 2.05) is 6.92 Å². The molecule has 4 heteroatoms. The van der Waals surface area contributed by atoms with E-state index >= 15 is 0 Å². The molecule has 0 amide bonds. The lowest BCUT2D eigenvalue weighted by atomic mass is 10.3. The molecule has 2 rings (SSSR count). The molecule has 17 heavy (non-hydrogen) atoms. The van der Waals surface area contributed by atoms with E-state index in [9.17, 15) is 4.39 Å². The predicted octanol–water partition coefficient (Wildman–Crippen LogP) is 3.41. The summed E-state index contributed by atoms with van der Waals surface area (Å²) in [6, 6.07) is 11.5. The number of halogens is 1. The highest BCUT2D eigenvalue weighted by Gasteiger charge is 2.00. The molecule has 88 valence electrons. The molecule has 2 aromatic rings. The van der Waals surface area contributed by atoms with E-state index in [-0.39, 0.29) is 5.88 Å². The van der Waals surface area contributed by atoms with Crippen LogP contribution in [-0.4, -0.2) is 11.6 Å². The molecule has 0 aliphatic carbocycles. The van der Waals surface area contributed by atoms with Gasteiger partial charge in [0.15, 0.2) is 0 Å². The second-order valence-electron chi connectivity index (χ2n) is 3.31. The van der Waals surface area contributed by atoms with Crippen molar-refractivity contribution in [3.05, 3.63) is 48.4 Å². The SMILES string of the molecule is CCOc1ccc(Oc2cccc(F)n2)cc1. The number of aromatic nitrogens is 1. The average molecular weight is 233 g/mol. The van der Waals surface area contributed by atoms with Crippen LogP contribution < -0.4 is 9.47 Å². The molecule has 0 atom stereocenters. The van der Waals surface area contributed by atoms with Crippen molar-refractivity contribution < 1.29 is 13.9 Å². The number of pyridine rings is 1. The molecule has 1 aromatic carbocycles. The Hall–Kier alpha value is -2.10. The second-order valence-corrected chi connectivity index (χ2v) is 3.31. The second kappa shape index (κ2) is 5.30. The van der Waals surface area contributed by atoms with Gasteiger partial charge in [-0.25, -0.2) is 0 Å². The molecule has 1 heterocycles. The zero-order valence-electron chi connectivity index (χ0n) is 9.39. The molecule has 0 fully saturated rings. The van der Waals surface area contributed by atoms with Crippen molar-refractivity contribution in [1.82, 2.24) is 4.98 Å². The number of ether oxygens (including phenoxy) is 2. The first-order chi connectivity index (χ1) is 8.28. The summed E-state index contributed by atoms with van der Waals surface area (Å²) in [4.78, 5) is 3.61. The summed E-state index contributed by atoms with van der Waals surface area (Å²) in [5.41, 5.74) is 0. The third kappa shape index (κ3) is 3.17. The van der Waals surface area contributed by atoms with Gasteiger partial charge in [-0.05, 0) is 37.3 Å². The zero-order chi connectivity index (χ0) is 12.1. The molecule has 0 spiro atoms. The molecule has 0 N–H and O–H groups in total. The quantitative estimate of drug-likeness (QED) is 0.758. The van der Waals surface area contributed by atoms with Crippen molar-refractivity contribution >= 4 is 0 Å². The van der Waals surface area contributed by atoms with Crippen molar-refractivity contribution in [2.45, 2.75) is 6.92 Å². The number of hydrogen-bond acceptors (Lipinski definition) is 3. The predicted molar refractivity (Wildman–Crippen MR) is 61.9 cm³/mol. The summed E-state index contributed by atoms with van der Waals surface area (Å²) in [5, 5.41) is 0. The minimum absolute atomic E-state index is 0.231. The first kappa shape index (κ1) is 11.4. The molecule has 0 aliphatic heterocycles. The van der Waals surface area contributed by atoms with Crippen LogP contribution in [0.5, 0.6) is 17.4 Å². The van der Waals surface area contributed by atoms with Crippen LogP contribution in [0.3, 0.4) is 0 Å². The van der Waals surface area contributed by atoms with Crippen LogP contribution in [0, 0.1) is 5.95 Å². The minimum Gasteiger partial charge on any atom is -0.494 e. The van der Waals surface area contributed by atoms with Gasteiger partial charge in [-0.1, -0.05) is 6.07 Å². The molecule has 0 saturated carbocycles. The van der Waals surface area contributed by atoms with Gasteiger partial charge in [0.1, 0.15) is 11.5 Å². The van der Waals surface area contributed by atoms with Gasteiger partial charge in [0.05, 0.1) is 6.61 Å². The Bertz CT molecular complexity index is 485. The smallest absolute Gasteiger partial charge is 0.221 e. The Balaban J connectivity index is 2.08. The number of hydrogen-bond donors (Lipinski definition) is 0. The summed E-state index contributed by atoms with van der Waals surface area (Å²) in [6.45, 7) is 2.53. The van der Waals surface area contributed by atoms with Crippen LogP contribution in [0.15, 0.2) is 42.5 Å². The minimum atomic E-state index is -0.562. The number of nitrogens with zero attached hydrogens (tertiary/aromatic N) is 1. The van der Waals surface area contributed by atoms with E-state index in [4.69, 9.17) is 9.47 Å². The van der Waals surface area contributed by atoms with Crippen molar-refractivity contribution in [3.63, 3.8) is 0 Å². The number of benzene rings is 1. The van der Waals surface area contributed by atoms with E-state index < -0.39 is 5.95 Å². The van der Waals surface area contributed by atoms with Crippen molar-refractivity contribution in [2.75, 3.05) is 6.61 Å². The lowest BCUT2D eigenvalue weighted by Crippen LogP contribution is -1.92. The Morgan fingerprint density at radius 3 is 2.41 bits per heavy atom. The van der Waals surface area contributed by atoms with Gasteiger partial charge in [-0.2, -0.15) is 9.37 Å². The maximum atomic E-state index is 12.8. The Morgan fingerprint density at radius 2 is 1.76 bits per heavy atom. The van der Waals surface area contributed by atoms with Gasteiger partial charge in [0.2, 0.25) is 11.8 Å². The summed E-state index contributed by atoms with van der Waals surface area (Å²) in [7, 11) is 0. The van der Waals surface area contributed by atoms with E-state index in [1.54, 1.807) is 36.4 Å². The molecule has 0 radical (unpaired) electrons. The molecule has 0 bridgehead atoms. The zero-order valence-corrected chi connectivity index (χ0v) is 9.39. The van der Waals surface area contributed by atoms with Crippen LogP contribution >= 0.6 is 0 Å². The van der Waals surface area contributed by atoms with E-state index in [2.05, 4.69) is 4.98 Å². The fourth-order valence-corrected chi connectivity index (χ4v) is 1.34. The molecule has 1 aromatic heterocycles. The van der Waals surface area contributed by atoms with Crippen molar-refractivity contribution in [2.24, 2.45) is 0 Å². The van der Waals surface area contributed by atoms with E-state index in [1.165, 1.54) is 6.07 Å². The highest BCUT2D eigenvalue weighted by molar-refractivity contribution is 5.33. The van der Waals surface area contributed by atoms with E-state index in [0.717, 1.165) is 5.75 Å². The third-order valence-electron chi connectivity index (χ3n) is 2.05. The van der Waals surface area contributed by atoms with Crippen LogP contribution in [0.2, 0.25) is 0 Å². The van der Waals surface area contributed by atoms with E-state index in [0.29, 0.717) is 12.4 Å². The van der Waals surface area contributed by atoms with Crippen molar-refractivity contribution in [3.8, 4) is 17.4 Å². The average Bonchev–Trinajstić information content (AvgIpc) is 2.32. The fraction of sp³-hybridized carbons (Fsp3) is 0.154. The van der Waals surface area contributed by atoms with Gasteiger partial charge in [0, 0.05) is 6.07 Å². The van der Waals surface area contributed by atoms with Gasteiger partial charge in [0.25, 0.3) is 0 Å². The van der Waals surface area contributed by atoms with Crippen LogP contribution in [0.4, 0.5) is 4.39 Å². The van der Waals surface area contributed by atoms with Crippen LogP contribution in [0.25, 0.3) is 0 Å². The van der Waals surface area contributed by atoms with Gasteiger partial charge in [-0.15, -0.1) is 0 Å². The highest BCUT2D eigenvalue weighted by atomic mass is 19.1. The first-order valence-electron chi connectivity index (χ1n) is 5.31. The Labute approximate surface area is 98.8 Å². The lowest BCUT2D eigenvalue weighted by Gasteiger charge is -2.06. The maximum Gasteiger partial charge on any atom is 0.221 e. The number of rotatable bonds is 4. The van der Waals surface area contributed by atoms with Crippen LogP contribution in [0.1, 0.15) is 6.92 Å². The Kier molecular flexibility index (Phi) is 3.55. The van der Waals surface area contributed by atoms with Gasteiger partial charge in [-0.3, -0.25) is 0 Å². The largest absolute Gasteiger partial charge is 0.494 e. The molecule has 0 saturated heterocycles. The molecular weight excluding hydrogens is 221 g/mol. The molecule has 0 unspecified atom stereocenters. The third-order valence-corrected chi connectivity index (χ3v) is 2.05. The lowest BCUT2D eigenvalue weighted by molar-refractivity contribution is 0.339. The van der Waals surface area contributed by atoms with Crippen molar-refractivity contribution in [1.29, 1.82) is 0 Å². The molecule has 0 aliphatic rings. The standard InChI is InChI=1S/C13H12FNO2/c1-2-16-10-6-8-11(9-7-10)17-13-5-3-4-12(14)15-13/h3-9H,2H2,1H3. The molecule has 3 nitrogen and oxygen atoms in total. The maximum absolute atomic E-state index is 12.8. The normalized spacial score (nSPS) is 10.0. The highest BCUT2D eigenvalue weighted by Crippen LogP contribution is 2.22. The van der Waals surface area contributed by atoms with Crippen LogP contribution in [-0.2, 0) is 0 Å². The first-order valence-corrected chi connectivity index (χ1v) is 5.31. The topological polar surface area (TPSA) is 31.4 Å². The molecular formula is C13H12FNO2. The van der Waals surface area contributed by atoms with Gasteiger partial charge < -0.3 is 9.47 Å². The summed E-state index contributed by atoms with van der Waals surface area (Å²) < 4.78 is 23.5.